The lowest BCUT2D eigenvalue weighted by molar-refractivity contribution is 0.0436. The Bertz CT molecular complexity index is 432. The fraction of sp³-hybridized carbons (Fsp3) is 0.600. The molecule has 1 aromatic rings. The van der Waals surface area contributed by atoms with E-state index >= 15 is 0 Å². The van der Waals surface area contributed by atoms with Crippen LogP contribution in [-0.2, 0) is 0 Å². The van der Waals surface area contributed by atoms with Gasteiger partial charge in [0.2, 0.25) is 0 Å². The van der Waals surface area contributed by atoms with Gasteiger partial charge in [0.25, 0.3) is 0 Å². The van der Waals surface area contributed by atoms with Crippen LogP contribution in [0.15, 0.2) is 18.2 Å². The van der Waals surface area contributed by atoms with Crippen molar-refractivity contribution < 1.29 is 5.11 Å². The van der Waals surface area contributed by atoms with Crippen molar-refractivity contribution in [3.63, 3.8) is 0 Å². The van der Waals surface area contributed by atoms with E-state index in [9.17, 15) is 5.11 Å². The van der Waals surface area contributed by atoms with Crippen molar-refractivity contribution in [3.05, 3.63) is 33.8 Å². The van der Waals surface area contributed by atoms with Gasteiger partial charge in [-0.15, -0.1) is 0 Å². The van der Waals surface area contributed by atoms with Crippen LogP contribution in [0.1, 0.15) is 31.9 Å². The summed E-state index contributed by atoms with van der Waals surface area (Å²) in [5.74, 6) is 0. The first-order chi connectivity index (χ1) is 9.24. The first-order valence-electron chi connectivity index (χ1n) is 6.76. The van der Waals surface area contributed by atoms with E-state index in [-0.39, 0.29) is 6.04 Å². The Hall–Kier alpha value is -0.320. The number of likely N-dealkylation sites (N-methyl/N-ethyl adjacent to an activating group) is 1. The predicted molar refractivity (Wildman–Crippen MR) is 86.7 cm³/mol. The highest BCUT2D eigenvalue weighted by molar-refractivity contribution is 6.42. The largest absolute Gasteiger partial charge is 0.389 e. The highest BCUT2D eigenvalue weighted by Crippen LogP contribution is 2.31. The highest BCUT2D eigenvalue weighted by Gasteiger charge is 2.18. The number of nitrogens with one attached hydrogen (secondary N) is 1. The molecule has 1 aromatic carbocycles. The Labute approximate surface area is 131 Å². The topological polar surface area (TPSA) is 35.5 Å². The average Bonchev–Trinajstić information content (AvgIpc) is 2.32. The standard InChI is InChI=1S/C15H24Cl2N2O/c1-15(2,20)10-19(4)9-8-13(18-3)11-6-5-7-12(16)14(11)17/h5-7,13,18,20H,8-10H2,1-4H3. The quantitative estimate of drug-likeness (QED) is 0.809. The molecule has 0 spiro atoms. The number of halogens is 2. The van der Waals surface area contributed by atoms with Crippen LogP contribution in [0.4, 0.5) is 0 Å². The van der Waals surface area contributed by atoms with Gasteiger partial charge in [-0.1, -0.05) is 35.3 Å². The number of rotatable bonds is 7. The van der Waals surface area contributed by atoms with Crippen LogP contribution >= 0.6 is 23.2 Å². The van der Waals surface area contributed by atoms with Gasteiger partial charge in [0.15, 0.2) is 0 Å². The summed E-state index contributed by atoms with van der Waals surface area (Å²) in [4.78, 5) is 2.11. The molecule has 114 valence electrons. The molecule has 0 fully saturated rings. The van der Waals surface area contributed by atoms with Crippen molar-refractivity contribution in [2.45, 2.75) is 31.9 Å². The molecule has 5 heteroatoms. The zero-order valence-corrected chi connectivity index (χ0v) is 14.1. The van der Waals surface area contributed by atoms with Crippen molar-refractivity contribution in [2.75, 3.05) is 27.2 Å². The fourth-order valence-electron chi connectivity index (χ4n) is 2.33. The number of benzene rings is 1. The van der Waals surface area contributed by atoms with E-state index in [0.717, 1.165) is 18.5 Å². The Morgan fingerprint density at radius 2 is 2.00 bits per heavy atom. The zero-order chi connectivity index (χ0) is 15.3. The van der Waals surface area contributed by atoms with Crippen LogP contribution in [-0.4, -0.2) is 42.8 Å². The molecule has 3 nitrogen and oxygen atoms in total. The van der Waals surface area contributed by atoms with Crippen molar-refractivity contribution in [1.82, 2.24) is 10.2 Å². The Morgan fingerprint density at radius 3 is 2.55 bits per heavy atom. The first-order valence-corrected chi connectivity index (χ1v) is 7.52. The van der Waals surface area contributed by atoms with E-state index in [1.165, 1.54) is 0 Å². The van der Waals surface area contributed by atoms with Crippen LogP contribution in [0.3, 0.4) is 0 Å². The van der Waals surface area contributed by atoms with Crippen LogP contribution in [0.2, 0.25) is 10.0 Å². The Balaban J connectivity index is 2.66. The zero-order valence-electron chi connectivity index (χ0n) is 12.6. The summed E-state index contributed by atoms with van der Waals surface area (Å²) in [6.07, 6.45) is 0.892. The minimum atomic E-state index is -0.683. The summed E-state index contributed by atoms with van der Waals surface area (Å²) in [5.41, 5.74) is 0.329. The van der Waals surface area contributed by atoms with Crippen molar-refractivity contribution in [1.29, 1.82) is 0 Å². The SMILES string of the molecule is CNC(CCN(C)CC(C)(C)O)c1cccc(Cl)c1Cl. The van der Waals surface area contributed by atoms with E-state index in [4.69, 9.17) is 23.2 Å². The molecule has 0 radical (unpaired) electrons. The molecule has 0 saturated heterocycles. The monoisotopic (exact) mass is 318 g/mol. The van der Waals surface area contributed by atoms with Gasteiger partial charge in [-0.25, -0.2) is 0 Å². The second-order valence-corrected chi connectivity index (χ2v) is 6.61. The molecule has 0 aliphatic carbocycles. The second-order valence-electron chi connectivity index (χ2n) is 5.82. The molecule has 20 heavy (non-hydrogen) atoms. The summed E-state index contributed by atoms with van der Waals surface area (Å²) in [5, 5.41) is 14.3. The third-order valence-electron chi connectivity index (χ3n) is 3.16. The molecule has 0 aromatic heterocycles. The minimum Gasteiger partial charge on any atom is -0.389 e. The molecule has 1 rings (SSSR count). The van der Waals surface area contributed by atoms with Gasteiger partial charge in [0.1, 0.15) is 0 Å². The molecule has 0 aliphatic heterocycles. The van der Waals surface area contributed by atoms with Crippen LogP contribution < -0.4 is 5.32 Å². The molecule has 2 N–H and O–H groups in total. The summed E-state index contributed by atoms with van der Waals surface area (Å²) in [6, 6.07) is 5.84. The van der Waals surface area contributed by atoms with Crippen molar-refractivity contribution >= 4 is 23.2 Å². The smallest absolute Gasteiger partial charge is 0.0718 e. The van der Waals surface area contributed by atoms with E-state index in [0.29, 0.717) is 16.6 Å². The molecular weight excluding hydrogens is 295 g/mol. The summed E-state index contributed by atoms with van der Waals surface area (Å²) < 4.78 is 0. The van der Waals surface area contributed by atoms with Crippen molar-refractivity contribution in [2.24, 2.45) is 0 Å². The predicted octanol–water partition coefficient (Wildman–Crippen LogP) is 3.35. The molecule has 0 saturated carbocycles. The number of aliphatic hydroxyl groups is 1. The van der Waals surface area contributed by atoms with Crippen LogP contribution in [0.5, 0.6) is 0 Å². The Kier molecular flexibility index (Phi) is 6.76. The fourth-order valence-corrected chi connectivity index (χ4v) is 2.77. The molecular formula is C15H24Cl2N2O. The van der Waals surface area contributed by atoms with E-state index < -0.39 is 5.60 Å². The van der Waals surface area contributed by atoms with E-state index in [1.807, 2.05) is 40.1 Å². The normalized spacial score (nSPS) is 13.8. The highest BCUT2D eigenvalue weighted by atomic mass is 35.5. The summed E-state index contributed by atoms with van der Waals surface area (Å²) >= 11 is 12.3. The molecule has 0 bridgehead atoms. The molecule has 1 atom stereocenters. The number of nitrogens with zero attached hydrogens (tertiary/aromatic N) is 1. The van der Waals surface area contributed by atoms with Crippen LogP contribution in [0.25, 0.3) is 0 Å². The molecule has 0 aliphatic rings. The third-order valence-corrected chi connectivity index (χ3v) is 4.00. The van der Waals surface area contributed by atoms with Gasteiger partial charge in [-0.05, 0) is 52.5 Å². The Morgan fingerprint density at radius 1 is 1.35 bits per heavy atom. The summed E-state index contributed by atoms with van der Waals surface area (Å²) in [6.45, 7) is 5.12. The van der Waals surface area contributed by atoms with Gasteiger partial charge in [-0.2, -0.15) is 0 Å². The number of hydrogen-bond donors (Lipinski definition) is 2. The van der Waals surface area contributed by atoms with Crippen LogP contribution in [0, 0.1) is 0 Å². The maximum atomic E-state index is 9.81. The van der Waals surface area contributed by atoms with Gasteiger partial charge in [0.05, 0.1) is 15.6 Å². The van der Waals surface area contributed by atoms with Gasteiger partial charge >= 0.3 is 0 Å². The lowest BCUT2D eigenvalue weighted by Crippen LogP contribution is -2.37. The summed E-state index contributed by atoms with van der Waals surface area (Å²) in [7, 11) is 3.92. The second kappa shape index (κ2) is 7.62. The average molecular weight is 319 g/mol. The van der Waals surface area contributed by atoms with E-state index in [1.54, 1.807) is 6.07 Å². The van der Waals surface area contributed by atoms with Gasteiger partial charge in [0, 0.05) is 12.6 Å². The van der Waals surface area contributed by atoms with E-state index in [2.05, 4.69) is 10.2 Å². The van der Waals surface area contributed by atoms with Gasteiger partial charge < -0.3 is 15.3 Å². The molecule has 0 heterocycles. The maximum absolute atomic E-state index is 9.81. The lowest BCUT2D eigenvalue weighted by Gasteiger charge is -2.27. The van der Waals surface area contributed by atoms with Gasteiger partial charge in [-0.3, -0.25) is 0 Å². The first kappa shape index (κ1) is 17.7. The molecule has 1 unspecified atom stereocenters. The minimum absolute atomic E-state index is 0.144. The number of hydrogen-bond acceptors (Lipinski definition) is 3. The third kappa shape index (κ3) is 5.58. The lowest BCUT2D eigenvalue weighted by atomic mass is 10.0. The molecule has 0 amide bonds. The van der Waals surface area contributed by atoms with Crippen molar-refractivity contribution in [3.8, 4) is 0 Å². The maximum Gasteiger partial charge on any atom is 0.0718 e.